The van der Waals surface area contributed by atoms with Gasteiger partial charge in [-0.25, -0.2) is 0 Å². The van der Waals surface area contributed by atoms with Crippen LogP contribution in [0.5, 0.6) is 0 Å². The van der Waals surface area contributed by atoms with Gasteiger partial charge in [-0.3, -0.25) is 9.48 Å². The van der Waals surface area contributed by atoms with Gasteiger partial charge in [-0.15, -0.1) is 0 Å². The van der Waals surface area contributed by atoms with Crippen LogP contribution in [-0.2, 0) is 11.3 Å². The summed E-state index contributed by atoms with van der Waals surface area (Å²) in [4.78, 5) is 12.3. The van der Waals surface area contributed by atoms with Crippen LogP contribution in [0.15, 0.2) is 6.20 Å². The molecule has 1 aromatic heterocycles. The van der Waals surface area contributed by atoms with Crippen LogP contribution in [0.3, 0.4) is 0 Å². The van der Waals surface area contributed by atoms with E-state index in [0.717, 1.165) is 19.3 Å². The molecule has 1 heterocycles. The summed E-state index contributed by atoms with van der Waals surface area (Å²) in [7, 11) is 1.61. The Labute approximate surface area is 111 Å². The van der Waals surface area contributed by atoms with E-state index < -0.39 is 0 Å². The number of hydrogen-bond acceptors (Lipinski definition) is 4. The lowest BCUT2D eigenvalue weighted by Gasteiger charge is -2.37. The first-order valence-corrected chi connectivity index (χ1v) is 6.46. The summed E-state index contributed by atoms with van der Waals surface area (Å²) >= 11 is 6.02. The van der Waals surface area contributed by atoms with Gasteiger partial charge in [0.05, 0.1) is 24.4 Å². The van der Waals surface area contributed by atoms with E-state index in [1.54, 1.807) is 11.8 Å². The van der Waals surface area contributed by atoms with Gasteiger partial charge >= 0.3 is 0 Å². The van der Waals surface area contributed by atoms with Gasteiger partial charge in [0.2, 0.25) is 0 Å². The summed E-state index contributed by atoms with van der Waals surface area (Å²) < 4.78 is 6.58. The van der Waals surface area contributed by atoms with Crippen LogP contribution in [0.25, 0.3) is 0 Å². The van der Waals surface area contributed by atoms with Crippen molar-refractivity contribution in [2.75, 3.05) is 13.7 Å². The zero-order valence-corrected chi connectivity index (χ0v) is 11.2. The minimum Gasteiger partial charge on any atom is -0.383 e. The number of halogens is 1. The first-order chi connectivity index (χ1) is 8.56. The first-order valence-electron chi connectivity index (χ1n) is 6.08. The highest BCUT2D eigenvalue weighted by atomic mass is 35.5. The first kappa shape index (κ1) is 13.5. The molecule has 1 aliphatic rings. The lowest BCUT2D eigenvalue weighted by Crippen LogP contribution is -2.48. The maximum Gasteiger partial charge on any atom is 0.184 e. The molecule has 0 radical (unpaired) electrons. The molecule has 1 saturated carbocycles. The largest absolute Gasteiger partial charge is 0.383 e. The van der Waals surface area contributed by atoms with Crippen molar-refractivity contribution in [3.05, 3.63) is 16.9 Å². The van der Waals surface area contributed by atoms with Crippen molar-refractivity contribution in [3.63, 3.8) is 0 Å². The third kappa shape index (κ3) is 2.74. The Morgan fingerprint density at radius 3 is 2.94 bits per heavy atom. The molecule has 0 amide bonds. The summed E-state index contributed by atoms with van der Waals surface area (Å²) in [6, 6.07) is 0. The van der Waals surface area contributed by atoms with Gasteiger partial charge in [0.15, 0.2) is 5.78 Å². The third-order valence-electron chi connectivity index (χ3n) is 3.43. The summed E-state index contributed by atoms with van der Waals surface area (Å²) in [5, 5.41) is 4.48. The van der Waals surface area contributed by atoms with E-state index in [2.05, 4.69) is 5.10 Å². The molecule has 1 aliphatic carbocycles. The van der Waals surface area contributed by atoms with Gasteiger partial charge in [-0.05, 0) is 19.3 Å². The number of Topliss-reactive ketones (excluding diaryl/α,β-unsaturated/α-hetero) is 1. The van der Waals surface area contributed by atoms with Crippen LogP contribution in [0, 0.1) is 0 Å². The summed E-state index contributed by atoms with van der Waals surface area (Å²) in [5.74, 6) is -0.0317. The van der Waals surface area contributed by atoms with Crippen molar-refractivity contribution in [1.82, 2.24) is 9.78 Å². The Balaban J connectivity index is 2.10. The predicted molar refractivity (Wildman–Crippen MR) is 68.8 cm³/mol. The lowest BCUT2D eigenvalue weighted by molar-refractivity contribution is 0.0898. The number of hydrogen-bond donors (Lipinski definition) is 1. The Morgan fingerprint density at radius 2 is 2.39 bits per heavy atom. The van der Waals surface area contributed by atoms with Gasteiger partial charge in [0, 0.05) is 19.1 Å². The molecular weight excluding hydrogens is 254 g/mol. The molecule has 0 saturated heterocycles. The quantitative estimate of drug-likeness (QED) is 0.799. The topological polar surface area (TPSA) is 70.1 Å². The molecule has 18 heavy (non-hydrogen) atoms. The summed E-state index contributed by atoms with van der Waals surface area (Å²) in [6.45, 7) is 1.01. The van der Waals surface area contributed by atoms with E-state index in [0.29, 0.717) is 30.3 Å². The third-order valence-corrected chi connectivity index (χ3v) is 3.70. The highest BCUT2D eigenvalue weighted by molar-refractivity contribution is 6.33. The molecular formula is C12H18ClN3O2. The lowest BCUT2D eigenvalue weighted by atomic mass is 9.74. The van der Waals surface area contributed by atoms with E-state index in [4.69, 9.17) is 22.1 Å². The second-order valence-corrected chi connectivity index (χ2v) is 5.28. The monoisotopic (exact) mass is 271 g/mol. The number of methoxy groups -OCH3 is 1. The number of ketones is 1. The molecule has 0 aromatic carbocycles. The zero-order valence-electron chi connectivity index (χ0n) is 10.5. The molecule has 0 bridgehead atoms. The number of rotatable bonds is 6. The highest BCUT2D eigenvalue weighted by Gasteiger charge is 2.36. The maximum atomic E-state index is 12.3. The minimum absolute atomic E-state index is 0.0317. The molecule has 2 rings (SSSR count). The van der Waals surface area contributed by atoms with Crippen molar-refractivity contribution in [3.8, 4) is 0 Å². The number of carbonyl (C=O) groups is 1. The van der Waals surface area contributed by atoms with Crippen LogP contribution in [-0.4, -0.2) is 34.8 Å². The summed E-state index contributed by atoms with van der Waals surface area (Å²) in [5.41, 5.74) is 6.20. The second kappa shape index (κ2) is 5.38. The van der Waals surface area contributed by atoms with Crippen LogP contribution < -0.4 is 5.73 Å². The van der Waals surface area contributed by atoms with Crippen LogP contribution in [0.2, 0.25) is 5.02 Å². The fourth-order valence-electron chi connectivity index (χ4n) is 2.20. The van der Waals surface area contributed by atoms with E-state index in [9.17, 15) is 4.79 Å². The molecule has 100 valence electrons. The van der Waals surface area contributed by atoms with E-state index >= 15 is 0 Å². The molecule has 0 spiro atoms. The van der Waals surface area contributed by atoms with Crippen molar-refractivity contribution in [2.45, 2.75) is 37.8 Å². The molecule has 6 heteroatoms. The highest BCUT2D eigenvalue weighted by Crippen LogP contribution is 2.33. The zero-order chi connectivity index (χ0) is 13.2. The van der Waals surface area contributed by atoms with Gasteiger partial charge < -0.3 is 10.5 Å². The number of nitrogens with two attached hydrogens (primary N) is 1. The number of carbonyl (C=O) groups excluding carboxylic acids is 1. The van der Waals surface area contributed by atoms with E-state index in [1.165, 1.54) is 6.20 Å². The van der Waals surface area contributed by atoms with Crippen molar-refractivity contribution < 1.29 is 9.53 Å². The van der Waals surface area contributed by atoms with Gasteiger partial charge in [-0.1, -0.05) is 11.6 Å². The molecule has 2 N–H and O–H groups in total. The molecule has 0 unspecified atom stereocenters. The fourth-order valence-corrected chi connectivity index (χ4v) is 2.44. The number of aromatic nitrogens is 2. The van der Waals surface area contributed by atoms with Crippen LogP contribution in [0.4, 0.5) is 0 Å². The summed E-state index contributed by atoms with van der Waals surface area (Å²) in [6.07, 6.45) is 4.74. The molecule has 5 nitrogen and oxygen atoms in total. The van der Waals surface area contributed by atoms with Gasteiger partial charge in [-0.2, -0.15) is 5.10 Å². The van der Waals surface area contributed by atoms with Crippen LogP contribution in [0.1, 0.15) is 36.2 Å². The Hall–Kier alpha value is -0.910. The second-order valence-electron chi connectivity index (χ2n) is 4.87. The predicted octanol–water partition coefficient (Wildman–Crippen LogP) is 1.64. The smallest absolute Gasteiger partial charge is 0.184 e. The average Bonchev–Trinajstić information content (AvgIpc) is 2.65. The van der Waals surface area contributed by atoms with Gasteiger partial charge in [0.1, 0.15) is 5.69 Å². The standard InChI is InChI=1S/C12H18ClN3O2/c1-18-6-5-16-11(9(13)8-15-16)10(17)7-12(14)3-2-4-12/h8H,2-7,14H2,1H3. The van der Waals surface area contributed by atoms with Crippen molar-refractivity contribution in [1.29, 1.82) is 0 Å². The number of ether oxygens (including phenoxy) is 1. The molecule has 1 aromatic rings. The SMILES string of the molecule is COCCn1ncc(Cl)c1C(=O)CC1(N)CCC1. The van der Waals surface area contributed by atoms with E-state index in [-0.39, 0.29) is 11.3 Å². The van der Waals surface area contributed by atoms with Crippen molar-refractivity contribution >= 4 is 17.4 Å². The molecule has 0 atom stereocenters. The van der Waals surface area contributed by atoms with E-state index in [1.807, 2.05) is 0 Å². The maximum absolute atomic E-state index is 12.3. The fraction of sp³-hybridized carbons (Fsp3) is 0.667. The minimum atomic E-state index is -0.337. The Morgan fingerprint density at radius 1 is 1.67 bits per heavy atom. The Bertz CT molecular complexity index is 441. The Kier molecular flexibility index (Phi) is 4.04. The number of nitrogens with zero attached hydrogens (tertiary/aromatic N) is 2. The molecule has 1 fully saturated rings. The normalized spacial score (nSPS) is 17.5. The van der Waals surface area contributed by atoms with Crippen molar-refractivity contribution in [2.24, 2.45) is 5.73 Å². The van der Waals surface area contributed by atoms with Gasteiger partial charge in [0.25, 0.3) is 0 Å². The average molecular weight is 272 g/mol. The molecule has 0 aliphatic heterocycles. The van der Waals surface area contributed by atoms with Crippen LogP contribution >= 0.6 is 11.6 Å².